The van der Waals surface area contributed by atoms with E-state index in [1.807, 2.05) is 0 Å². The number of furan rings is 1. The van der Waals surface area contributed by atoms with Gasteiger partial charge in [-0.05, 0) is 42.3 Å². The summed E-state index contributed by atoms with van der Waals surface area (Å²) in [6.07, 6.45) is 1.73. The molecule has 0 atom stereocenters. The van der Waals surface area contributed by atoms with Crippen LogP contribution in [0.15, 0.2) is 53.2 Å². The molecular formula is C16H14Cl2N2O3. The fourth-order valence-electron chi connectivity index (χ4n) is 1.82. The molecule has 0 aliphatic heterocycles. The number of amides is 2. The lowest BCUT2D eigenvalue weighted by Crippen LogP contribution is -2.30. The summed E-state index contributed by atoms with van der Waals surface area (Å²) < 4.78 is 5.01. The van der Waals surface area contributed by atoms with E-state index in [0.717, 1.165) is 0 Å². The fourth-order valence-corrected chi connectivity index (χ4v) is 2.35. The monoisotopic (exact) mass is 352 g/mol. The zero-order chi connectivity index (χ0) is 16.8. The molecule has 7 heteroatoms. The van der Waals surface area contributed by atoms with Crippen LogP contribution in [0.4, 0.5) is 10.5 Å². The molecule has 1 heterocycles. The van der Waals surface area contributed by atoms with E-state index in [1.54, 1.807) is 30.3 Å². The highest BCUT2D eigenvalue weighted by Crippen LogP contribution is 2.22. The van der Waals surface area contributed by atoms with E-state index in [-0.39, 0.29) is 18.1 Å². The number of Topliss-reactive ketones (excluding diaryl/α,β-unsaturated/α-hetero) is 1. The smallest absolute Gasteiger partial charge is 0.319 e. The molecule has 120 valence electrons. The lowest BCUT2D eigenvalue weighted by atomic mass is 10.1. The number of urea groups is 1. The number of ketones is 1. The molecule has 0 spiro atoms. The summed E-state index contributed by atoms with van der Waals surface area (Å²) in [5.74, 6) is -0.0492. The Bertz CT molecular complexity index is 707. The lowest BCUT2D eigenvalue weighted by molar-refractivity contribution is 0.100. The molecular weight excluding hydrogens is 339 g/mol. The highest BCUT2D eigenvalue weighted by molar-refractivity contribution is 6.35. The summed E-state index contributed by atoms with van der Waals surface area (Å²) in [5, 5.41) is 6.07. The van der Waals surface area contributed by atoms with Gasteiger partial charge in [-0.3, -0.25) is 4.79 Å². The van der Waals surface area contributed by atoms with Crippen molar-refractivity contribution in [1.29, 1.82) is 0 Å². The van der Waals surface area contributed by atoms with Crippen LogP contribution in [-0.4, -0.2) is 18.4 Å². The van der Waals surface area contributed by atoms with Gasteiger partial charge in [0.15, 0.2) is 5.76 Å². The second kappa shape index (κ2) is 7.85. The van der Waals surface area contributed by atoms with E-state index in [1.165, 1.54) is 6.26 Å². The van der Waals surface area contributed by atoms with Crippen LogP contribution in [-0.2, 0) is 0 Å². The van der Waals surface area contributed by atoms with Gasteiger partial charge in [-0.2, -0.15) is 0 Å². The maximum absolute atomic E-state index is 11.9. The number of hydrogen-bond acceptors (Lipinski definition) is 3. The first-order valence-corrected chi connectivity index (χ1v) is 7.48. The first-order valence-electron chi connectivity index (χ1n) is 6.72. The van der Waals surface area contributed by atoms with Crippen molar-refractivity contribution in [3.63, 3.8) is 0 Å². The van der Waals surface area contributed by atoms with E-state index < -0.39 is 6.03 Å². The molecule has 2 amide bonds. The van der Waals surface area contributed by atoms with Crippen LogP contribution in [0.3, 0.4) is 0 Å². The van der Waals surface area contributed by atoms with Gasteiger partial charge in [0, 0.05) is 22.3 Å². The summed E-state index contributed by atoms with van der Waals surface area (Å²) in [5.41, 5.74) is 0.830. The molecule has 2 rings (SSSR count). The first-order chi connectivity index (χ1) is 11.0. The minimum absolute atomic E-state index is 0.230. The largest absolute Gasteiger partial charge is 0.461 e. The van der Waals surface area contributed by atoms with Crippen LogP contribution in [0, 0.1) is 0 Å². The minimum atomic E-state index is -0.429. The maximum atomic E-state index is 11.9. The van der Waals surface area contributed by atoms with E-state index in [4.69, 9.17) is 27.6 Å². The zero-order valence-corrected chi connectivity index (χ0v) is 13.6. The van der Waals surface area contributed by atoms with Crippen LogP contribution in [0.1, 0.15) is 17.0 Å². The molecule has 0 saturated carbocycles. The second-order valence-corrected chi connectivity index (χ2v) is 5.57. The van der Waals surface area contributed by atoms with Crippen molar-refractivity contribution in [2.24, 2.45) is 0 Å². The Hall–Kier alpha value is -2.24. The van der Waals surface area contributed by atoms with Gasteiger partial charge in [-0.1, -0.05) is 29.8 Å². The van der Waals surface area contributed by atoms with Gasteiger partial charge in [-0.15, -0.1) is 0 Å². The van der Waals surface area contributed by atoms with Crippen LogP contribution in [0.2, 0.25) is 10.0 Å². The molecule has 0 fully saturated rings. The first kappa shape index (κ1) is 17.1. The molecule has 0 bridgehead atoms. The number of hydrogen-bond donors (Lipinski definition) is 2. The predicted molar refractivity (Wildman–Crippen MR) is 90.3 cm³/mol. The number of benzene rings is 1. The average Bonchev–Trinajstić information content (AvgIpc) is 2.99. The van der Waals surface area contributed by atoms with Crippen molar-refractivity contribution in [1.82, 2.24) is 5.32 Å². The fraction of sp³-hybridized carbons (Fsp3) is 0.125. The molecule has 2 N–H and O–H groups in total. The van der Waals surface area contributed by atoms with E-state index >= 15 is 0 Å². The van der Waals surface area contributed by atoms with Gasteiger partial charge in [0.05, 0.1) is 6.26 Å². The van der Waals surface area contributed by atoms with Crippen LogP contribution in [0.5, 0.6) is 0 Å². The van der Waals surface area contributed by atoms with E-state index in [2.05, 4.69) is 17.2 Å². The highest BCUT2D eigenvalue weighted by atomic mass is 35.5. The van der Waals surface area contributed by atoms with Gasteiger partial charge >= 0.3 is 6.03 Å². The molecule has 23 heavy (non-hydrogen) atoms. The van der Waals surface area contributed by atoms with Crippen molar-refractivity contribution in [3.8, 4) is 0 Å². The van der Waals surface area contributed by atoms with Crippen LogP contribution >= 0.6 is 23.2 Å². The third-order valence-corrected chi connectivity index (χ3v) is 3.34. The highest BCUT2D eigenvalue weighted by Gasteiger charge is 2.13. The second-order valence-electron chi connectivity index (χ2n) is 4.70. The minimum Gasteiger partial charge on any atom is -0.461 e. The van der Waals surface area contributed by atoms with Crippen molar-refractivity contribution >= 4 is 40.7 Å². The summed E-state index contributed by atoms with van der Waals surface area (Å²) in [7, 11) is 0. The van der Waals surface area contributed by atoms with Crippen molar-refractivity contribution in [2.75, 3.05) is 11.9 Å². The summed E-state index contributed by atoms with van der Waals surface area (Å²) >= 11 is 11.7. The Labute approximate surface area is 143 Å². The Kier molecular flexibility index (Phi) is 5.84. The van der Waals surface area contributed by atoms with Gasteiger partial charge < -0.3 is 15.1 Å². The van der Waals surface area contributed by atoms with E-state index in [0.29, 0.717) is 27.7 Å². The molecule has 5 nitrogen and oxygen atoms in total. The Morgan fingerprint density at radius 1 is 1.17 bits per heavy atom. The molecule has 1 aromatic carbocycles. The quantitative estimate of drug-likeness (QED) is 0.592. The Morgan fingerprint density at radius 2 is 1.87 bits per heavy atom. The van der Waals surface area contributed by atoms with Crippen LogP contribution in [0.25, 0.3) is 0 Å². The van der Waals surface area contributed by atoms with Gasteiger partial charge in [-0.25, -0.2) is 4.79 Å². The van der Waals surface area contributed by atoms with Gasteiger partial charge in [0.1, 0.15) is 0 Å². The number of carbonyl (C=O) groups excluding carboxylic acids is 2. The molecule has 0 saturated heterocycles. The molecule has 0 radical (unpaired) electrons. The standard InChI is InChI=1S/C16H14Cl2N2O3/c1-10(15(21)14-3-2-6-23-14)4-5-19-16(22)20-13-8-11(17)7-12(18)9-13/h2-3,6-9H,1,4-5H2,(H2,19,20,22). The number of carbonyl (C=O) groups is 2. The van der Waals surface area contributed by atoms with Crippen molar-refractivity contribution in [2.45, 2.75) is 6.42 Å². The molecule has 0 aliphatic rings. The summed E-state index contributed by atoms with van der Waals surface area (Å²) in [6, 6.07) is 7.48. The SMILES string of the molecule is C=C(CCNC(=O)Nc1cc(Cl)cc(Cl)c1)C(=O)c1ccco1. The molecule has 1 aromatic heterocycles. The molecule has 0 aliphatic carbocycles. The van der Waals surface area contributed by atoms with Crippen molar-refractivity contribution < 1.29 is 14.0 Å². The number of rotatable bonds is 6. The molecule has 0 unspecified atom stereocenters. The topological polar surface area (TPSA) is 71.3 Å². The molecule has 2 aromatic rings. The predicted octanol–water partition coefficient (Wildman–Crippen LogP) is 4.54. The third kappa shape index (κ3) is 5.16. The van der Waals surface area contributed by atoms with Gasteiger partial charge in [0.25, 0.3) is 0 Å². The zero-order valence-electron chi connectivity index (χ0n) is 12.1. The Morgan fingerprint density at radius 3 is 2.48 bits per heavy atom. The van der Waals surface area contributed by atoms with Gasteiger partial charge in [0.2, 0.25) is 5.78 Å². The normalized spacial score (nSPS) is 10.2. The summed E-state index contributed by atoms with van der Waals surface area (Å²) in [4.78, 5) is 23.7. The Balaban J connectivity index is 1.78. The lowest BCUT2D eigenvalue weighted by Gasteiger charge is -2.09. The van der Waals surface area contributed by atoms with E-state index in [9.17, 15) is 9.59 Å². The number of nitrogens with one attached hydrogen (secondary N) is 2. The summed E-state index contributed by atoms with van der Waals surface area (Å²) in [6.45, 7) is 3.95. The number of halogens is 2. The number of anilines is 1. The van der Waals surface area contributed by atoms with Crippen molar-refractivity contribution in [3.05, 3.63) is 64.6 Å². The van der Waals surface area contributed by atoms with Crippen LogP contribution < -0.4 is 10.6 Å². The average molecular weight is 353 g/mol. The third-order valence-electron chi connectivity index (χ3n) is 2.90. The maximum Gasteiger partial charge on any atom is 0.319 e.